The monoisotopic (exact) mass is 173 g/mol. The van der Waals surface area contributed by atoms with Gasteiger partial charge in [0.15, 0.2) is 5.79 Å². The Morgan fingerprint density at radius 1 is 1.33 bits per heavy atom. The predicted molar refractivity (Wildman–Crippen MR) is 42.7 cm³/mol. The number of ether oxygens (including phenoxy) is 3. The van der Waals surface area contributed by atoms with Crippen LogP contribution in [0.5, 0.6) is 0 Å². The van der Waals surface area contributed by atoms with Gasteiger partial charge in [0.05, 0.1) is 25.9 Å². The van der Waals surface area contributed by atoms with Crippen molar-refractivity contribution in [2.24, 2.45) is 5.73 Å². The molecule has 0 unspecified atom stereocenters. The smallest absolute Gasteiger partial charge is 0.173 e. The fourth-order valence-electron chi connectivity index (χ4n) is 1.68. The summed E-state index contributed by atoms with van der Waals surface area (Å²) in [5.41, 5.74) is 5.49. The standard InChI is InChI=1S/C8H15NO3/c9-5-7-6-11-8(12-7)1-3-10-4-2-8/h7H,1-6,9H2/t7-/m0/s1. The van der Waals surface area contributed by atoms with E-state index < -0.39 is 0 Å². The van der Waals surface area contributed by atoms with Crippen LogP contribution in [0.1, 0.15) is 12.8 Å². The summed E-state index contributed by atoms with van der Waals surface area (Å²) in [6.07, 6.45) is 1.76. The average Bonchev–Trinajstić information content (AvgIpc) is 2.50. The molecule has 2 fully saturated rings. The Balaban J connectivity index is 1.94. The summed E-state index contributed by atoms with van der Waals surface area (Å²) in [5.74, 6) is -0.359. The van der Waals surface area contributed by atoms with Crippen molar-refractivity contribution in [1.29, 1.82) is 0 Å². The highest BCUT2D eigenvalue weighted by molar-refractivity contribution is 4.81. The summed E-state index contributed by atoms with van der Waals surface area (Å²) in [6, 6.07) is 0. The zero-order chi connectivity index (χ0) is 8.44. The van der Waals surface area contributed by atoms with Crippen molar-refractivity contribution in [3.8, 4) is 0 Å². The van der Waals surface area contributed by atoms with Gasteiger partial charge in [0.1, 0.15) is 0 Å². The zero-order valence-electron chi connectivity index (χ0n) is 7.12. The molecule has 2 saturated heterocycles. The van der Waals surface area contributed by atoms with E-state index in [0.29, 0.717) is 13.2 Å². The minimum atomic E-state index is -0.359. The third kappa shape index (κ3) is 1.47. The van der Waals surface area contributed by atoms with Crippen molar-refractivity contribution in [3.05, 3.63) is 0 Å². The molecule has 4 heteroatoms. The fraction of sp³-hybridized carbons (Fsp3) is 1.00. The molecular weight excluding hydrogens is 158 g/mol. The Labute approximate surface area is 72.0 Å². The first kappa shape index (κ1) is 8.44. The van der Waals surface area contributed by atoms with Gasteiger partial charge < -0.3 is 19.9 Å². The van der Waals surface area contributed by atoms with Gasteiger partial charge in [0, 0.05) is 19.4 Å². The Bertz CT molecular complexity index is 156. The van der Waals surface area contributed by atoms with Crippen molar-refractivity contribution in [2.45, 2.75) is 24.7 Å². The first-order valence-electron chi connectivity index (χ1n) is 4.44. The summed E-state index contributed by atoms with van der Waals surface area (Å²) in [6.45, 7) is 2.65. The Hall–Kier alpha value is -0.160. The molecule has 0 aromatic heterocycles. The molecule has 2 aliphatic heterocycles. The average molecular weight is 173 g/mol. The molecular formula is C8H15NO3. The number of hydrogen-bond donors (Lipinski definition) is 1. The minimum Gasteiger partial charge on any atom is -0.381 e. The molecule has 2 rings (SSSR count). The topological polar surface area (TPSA) is 53.7 Å². The second-order valence-corrected chi connectivity index (χ2v) is 3.31. The van der Waals surface area contributed by atoms with E-state index in [-0.39, 0.29) is 11.9 Å². The van der Waals surface area contributed by atoms with E-state index >= 15 is 0 Å². The largest absolute Gasteiger partial charge is 0.381 e. The quantitative estimate of drug-likeness (QED) is 0.600. The SMILES string of the molecule is NC[C@H]1COC2(CCOCC2)O1. The number of nitrogens with two attached hydrogens (primary N) is 1. The highest BCUT2D eigenvalue weighted by Gasteiger charge is 2.42. The highest BCUT2D eigenvalue weighted by atomic mass is 16.7. The molecule has 0 aliphatic carbocycles. The second-order valence-electron chi connectivity index (χ2n) is 3.31. The summed E-state index contributed by atoms with van der Waals surface area (Å²) >= 11 is 0. The van der Waals surface area contributed by atoms with Crippen LogP contribution in [0.15, 0.2) is 0 Å². The van der Waals surface area contributed by atoms with E-state index in [9.17, 15) is 0 Å². The lowest BCUT2D eigenvalue weighted by Gasteiger charge is -2.31. The molecule has 2 N–H and O–H groups in total. The van der Waals surface area contributed by atoms with Crippen molar-refractivity contribution >= 4 is 0 Å². The molecule has 1 atom stereocenters. The van der Waals surface area contributed by atoms with Gasteiger partial charge in [-0.15, -0.1) is 0 Å². The maximum absolute atomic E-state index is 5.71. The Morgan fingerprint density at radius 2 is 2.08 bits per heavy atom. The van der Waals surface area contributed by atoms with Crippen LogP contribution in [0.25, 0.3) is 0 Å². The van der Waals surface area contributed by atoms with Crippen LogP contribution in [0.4, 0.5) is 0 Å². The van der Waals surface area contributed by atoms with E-state index in [1.54, 1.807) is 0 Å². The van der Waals surface area contributed by atoms with Crippen molar-refractivity contribution in [2.75, 3.05) is 26.4 Å². The van der Waals surface area contributed by atoms with Crippen LogP contribution in [-0.2, 0) is 14.2 Å². The molecule has 0 bridgehead atoms. The van der Waals surface area contributed by atoms with Crippen LogP contribution < -0.4 is 5.73 Å². The van der Waals surface area contributed by atoms with E-state index in [4.69, 9.17) is 19.9 Å². The van der Waals surface area contributed by atoms with Crippen LogP contribution in [0, 0.1) is 0 Å². The Kier molecular flexibility index (Phi) is 2.32. The van der Waals surface area contributed by atoms with Crippen molar-refractivity contribution < 1.29 is 14.2 Å². The molecule has 1 spiro atoms. The molecule has 70 valence electrons. The summed E-state index contributed by atoms with van der Waals surface area (Å²) in [7, 11) is 0. The number of rotatable bonds is 1. The summed E-state index contributed by atoms with van der Waals surface area (Å²) in [4.78, 5) is 0. The maximum Gasteiger partial charge on any atom is 0.173 e. The van der Waals surface area contributed by atoms with Gasteiger partial charge in [-0.3, -0.25) is 0 Å². The molecule has 0 saturated carbocycles. The van der Waals surface area contributed by atoms with Crippen molar-refractivity contribution in [3.63, 3.8) is 0 Å². The summed E-state index contributed by atoms with van der Waals surface area (Å²) < 4.78 is 16.5. The molecule has 0 amide bonds. The van der Waals surface area contributed by atoms with Crippen LogP contribution in [-0.4, -0.2) is 38.3 Å². The molecule has 12 heavy (non-hydrogen) atoms. The predicted octanol–water partition coefficient (Wildman–Crippen LogP) is -0.133. The lowest BCUT2D eigenvalue weighted by Crippen LogP contribution is -2.38. The first-order valence-corrected chi connectivity index (χ1v) is 4.44. The summed E-state index contributed by atoms with van der Waals surface area (Å²) in [5, 5.41) is 0. The van der Waals surface area contributed by atoms with E-state index in [2.05, 4.69) is 0 Å². The first-order chi connectivity index (χ1) is 5.85. The highest BCUT2D eigenvalue weighted by Crippen LogP contribution is 2.32. The molecule has 0 radical (unpaired) electrons. The van der Waals surface area contributed by atoms with Gasteiger partial charge in [-0.05, 0) is 0 Å². The van der Waals surface area contributed by atoms with Gasteiger partial charge in [-0.1, -0.05) is 0 Å². The number of hydrogen-bond acceptors (Lipinski definition) is 4. The van der Waals surface area contributed by atoms with Crippen LogP contribution in [0.2, 0.25) is 0 Å². The normalized spacial score (nSPS) is 34.2. The van der Waals surface area contributed by atoms with Crippen molar-refractivity contribution in [1.82, 2.24) is 0 Å². The zero-order valence-corrected chi connectivity index (χ0v) is 7.12. The lowest BCUT2D eigenvalue weighted by molar-refractivity contribution is -0.210. The molecule has 4 nitrogen and oxygen atoms in total. The van der Waals surface area contributed by atoms with E-state index in [1.807, 2.05) is 0 Å². The van der Waals surface area contributed by atoms with E-state index in [0.717, 1.165) is 26.1 Å². The van der Waals surface area contributed by atoms with Gasteiger partial charge in [0.2, 0.25) is 0 Å². The molecule has 2 heterocycles. The van der Waals surface area contributed by atoms with Gasteiger partial charge in [-0.2, -0.15) is 0 Å². The van der Waals surface area contributed by atoms with Gasteiger partial charge >= 0.3 is 0 Å². The molecule has 2 aliphatic rings. The third-order valence-electron chi connectivity index (χ3n) is 2.43. The lowest BCUT2D eigenvalue weighted by atomic mass is 10.1. The van der Waals surface area contributed by atoms with Gasteiger partial charge in [-0.25, -0.2) is 0 Å². The Morgan fingerprint density at radius 3 is 2.67 bits per heavy atom. The van der Waals surface area contributed by atoms with Crippen LogP contribution >= 0.6 is 0 Å². The third-order valence-corrected chi connectivity index (χ3v) is 2.43. The maximum atomic E-state index is 5.71. The van der Waals surface area contributed by atoms with Crippen LogP contribution in [0.3, 0.4) is 0 Å². The fourth-order valence-corrected chi connectivity index (χ4v) is 1.68. The molecule has 0 aromatic rings. The van der Waals surface area contributed by atoms with E-state index in [1.165, 1.54) is 0 Å². The molecule has 0 aromatic carbocycles. The van der Waals surface area contributed by atoms with Gasteiger partial charge in [0.25, 0.3) is 0 Å². The second kappa shape index (κ2) is 3.30. The minimum absolute atomic E-state index is 0.0862.